The van der Waals surface area contributed by atoms with E-state index < -0.39 is 0 Å². The van der Waals surface area contributed by atoms with Crippen molar-refractivity contribution >= 4 is 102 Å². The molecule has 11 aromatic rings. The minimum Gasteiger partial charge on any atom is -0.453 e. The van der Waals surface area contributed by atoms with Crippen LogP contribution in [0.25, 0.3) is 84.5 Å². The molecule has 2 nitrogen and oxygen atoms in total. The van der Waals surface area contributed by atoms with E-state index in [4.69, 9.17) is 4.42 Å². The predicted molar refractivity (Wildman–Crippen MR) is 225 cm³/mol. The maximum Gasteiger partial charge on any atom is 0.159 e. The van der Waals surface area contributed by atoms with Crippen LogP contribution in [0.4, 0.5) is 17.1 Å². The Balaban J connectivity index is 1.10. The molecule has 0 spiro atoms. The highest BCUT2D eigenvalue weighted by atomic mass is 32.1. The van der Waals surface area contributed by atoms with E-state index in [-0.39, 0.29) is 0 Å². The zero-order valence-corrected chi connectivity index (χ0v) is 29.5. The van der Waals surface area contributed by atoms with Crippen molar-refractivity contribution in [2.24, 2.45) is 0 Å². The molecule has 8 aromatic carbocycles. The van der Waals surface area contributed by atoms with Gasteiger partial charge in [0.05, 0.1) is 5.69 Å². The first-order valence-electron chi connectivity index (χ1n) is 17.5. The van der Waals surface area contributed by atoms with E-state index >= 15 is 0 Å². The van der Waals surface area contributed by atoms with E-state index in [1.165, 1.54) is 51.5 Å². The quantitative estimate of drug-likeness (QED) is 0.178. The smallest absolute Gasteiger partial charge is 0.159 e. The Labute approximate surface area is 308 Å². The molecular formula is C48H29NOS2. The largest absolute Gasteiger partial charge is 0.453 e. The number of hydrogen-bond donors (Lipinski definition) is 0. The Morgan fingerprint density at radius 3 is 1.65 bits per heavy atom. The van der Waals surface area contributed by atoms with Crippen LogP contribution in [0, 0.1) is 0 Å². The zero-order valence-electron chi connectivity index (χ0n) is 27.9. The molecule has 244 valence electrons. The third kappa shape index (κ3) is 4.62. The van der Waals surface area contributed by atoms with Gasteiger partial charge in [0.1, 0.15) is 5.58 Å². The summed E-state index contributed by atoms with van der Waals surface area (Å²) in [5.41, 5.74) is 9.58. The highest BCUT2D eigenvalue weighted by Gasteiger charge is 2.22. The average Bonchev–Trinajstić information content (AvgIpc) is 3.90. The van der Waals surface area contributed by atoms with Crippen molar-refractivity contribution in [3.63, 3.8) is 0 Å². The van der Waals surface area contributed by atoms with Crippen LogP contribution < -0.4 is 4.90 Å². The second-order valence-corrected chi connectivity index (χ2v) is 15.4. The lowest BCUT2D eigenvalue weighted by Gasteiger charge is -2.26. The molecule has 0 saturated heterocycles. The zero-order chi connectivity index (χ0) is 34.2. The van der Waals surface area contributed by atoms with E-state index in [1.54, 1.807) is 0 Å². The van der Waals surface area contributed by atoms with Crippen molar-refractivity contribution in [2.75, 3.05) is 4.90 Å². The van der Waals surface area contributed by atoms with Gasteiger partial charge in [-0.15, -0.1) is 22.7 Å². The van der Waals surface area contributed by atoms with Gasteiger partial charge in [-0.25, -0.2) is 0 Å². The van der Waals surface area contributed by atoms with Gasteiger partial charge in [-0.1, -0.05) is 115 Å². The van der Waals surface area contributed by atoms with Gasteiger partial charge in [0.15, 0.2) is 5.58 Å². The summed E-state index contributed by atoms with van der Waals surface area (Å²) in [5, 5.41) is 7.39. The second-order valence-electron chi connectivity index (χ2n) is 13.3. The molecule has 0 N–H and O–H groups in total. The number of rotatable bonds is 5. The fraction of sp³-hybridized carbons (Fsp3) is 0. The average molecular weight is 700 g/mol. The van der Waals surface area contributed by atoms with Crippen molar-refractivity contribution in [1.29, 1.82) is 0 Å². The third-order valence-electron chi connectivity index (χ3n) is 10.3. The maximum absolute atomic E-state index is 6.96. The first kappa shape index (κ1) is 29.5. The maximum atomic E-state index is 6.96. The minimum atomic E-state index is 0.870. The first-order chi connectivity index (χ1) is 25.8. The molecular weight excluding hydrogens is 671 g/mol. The van der Waals surface area contributed by atoms with Crippen molar-refractivity contribution < 1.29 is 4.42 Å². The molecule has 0 saturated carbocycles. The molecule has 0 bridgehead atoms. The molecule has 0 aliphatic carbocycles. The number of nitrogens with zero attached hydrogens (tertiary/aromatic N) is 1. The van der Waals surface area contributed by atoms with Crippen LogP contribution in [0.1, 0.15) is 0 Å². The van der Waals surface area contributed by atoms with Crippen molar-refractivity contribution in [1.82, 2.24) is 0 Å². The molecule has 4 heteroatoms. The topological polar surface area (TPSA) is 16.4 Å². The number of fused-ring (bicyclic) bond motifs is 9. The fourth-order valence-corrected chi connectivity index (χ4v) is 9.99. The Morgan fingerprint density at radius 1 is 0.346 bits per heavy atom. The summed E-state index contributed by atoms with van der Waals surface area (Å²) < 4.78 is 12.2. The second kappa shape index (κ2) is 11.7. The van der Waals surface area contributed by atoms with E-state index in [1.807, 2.05) is 22.7 Å². The molecule has 3 aromatic heterocycles. The van der Waals surface area contributed by atoms with E-state index in [0.29, 0.717) is 0 Å². The minimum absolute atomic E-state index is 0.870. The van der Waals surface area contributed by atoms with Crippen LogP contribution in [-0.4, -0.2) is 0 Å². The molecule has 3 heterocycles. The summed E-state index contributed by atoms with van der Waals surface area (Å²) >= 11 is 3.70. The van der Waals surface area contributed by atoms with Crippen LogP contribution in [0.5, 0.6) is 0 Å². The van der Waals surface area contributed by atoms with Crippen LogP contribution in [0.3, 0.4) is 0 Å². The number of furan rings is 1. The van der Waals surface area contributed by atoms with Crippen LogP contribution in [0.15, 0.2) is 180 Å². The normalized spacial score (nSPS) is 11.8. The Morgan fingerprint density at radius 2 is 0.904 bits per heavy atom. The number of hydrogen-bond acceptors (Lipinski definition) is 4. The molecule has 52 heavy (non-hydrogen) atoms. The van der Waals surface area contributed by atoms with Gasteiger partial charge in [-0.2, -0.15) is 0 Å². The summed E-state index contributed by atoms with van der Waals surface area (Å²) in [7, 11) is 0. The standard InChI is InChI=1S/C48H29NOS2/c1-2-10-31(11-3-1)35-14-8-15-38-39-16-9-17-42(48(39)50-47(35)38)49(34-25-27-46-41(29-34)37-13-5-7-19-44(37)52-46)33-23-20-30(21-24-33)32-22-26-45-40(28-32)36-12-4-6-18-43(36)51-45/h1-29H. The molecule has 0 aliphatic rings. The highest BCUT2D eigenvalue weighted by Crippen LogP contribution is 2.46. The summed E-state index contributed by atoms with van der Waals surface area (Å²) in [6.07, 6.45) is 0. The fourth-order valence-electron chi connectivity index (χ4n) is 7.82. The van der Waals surface area contributed by atoms with Crippen LogP contribution in [-0.2, 0) is 0 Å². The Bertz CT molecular complexity index is 3130. The van der Waals surface area contributed by atoms with E-state index in [2.05, 4.69) is 181 Å². The highest BCUT2D eigenvalue weighted by molar-refractivity contribution is 7.26. The van der Waals surface area contributed by atoms with Gasteiger partial charge in [0.2, 0.25) is 0 Å². The van der Waals surface area contributed by atoms with E-state index in [9.17, 15) is 0 Å². The first-order valence-corrected chi connectivity index (χ1v) is 19.1. The third-order valence-corrected chi connectivity index (χ3v) is 12.6. The molecule has 0 radical (unpaired) electrons. The molecule has 0 aliphatic heterocycles. The lowest BCUT2D eigenvalue weighted by Crippen LogP contribution is -2.10. The van der Waals surface area contributed by atoms with Gasteiger partial charge in [0, 0.05) is 68.1 Å². The van der Waals surface area contributed by atoms with Crippen molar-refractivity contribution in [2.45, 2.75) is 0 Å². The molecule has 0 amide bonds. The van der Waals surface area contributed by atoms with Gasteiger partial charge in [0.25, 0.3) is 0 Å². The number of para-hydroxylation sites is 2. The molecule has 11 rings (SSSR count). The van der Waals surface area contributed by atoms with Gasteiger partial charge < -0.3 is 9.32 Å². The number of benzene rings is 8. The molecule has 0 atom stereocenters. The van der Waals surface area contributed by atoms with Crippen LogP contribution in [0.2, 0.25) is 0 Å². The SMILES string of the molecule is c1ccc(-c2cccc3c2oc2c(N(c4ccc(-c5ccc6sc7ccccc7c6c5)cc4)c4ccc5sc6ccccc6c5c4)cccc23)cc1. The molecule has 0 fully saturated rings. The predicted octanol–water partition coefficient (Wildman–Crippen LogP) is 15.1. The lowest BCUT2D eigenvalue weighted by molar-refractivity contribution is 0.670. The Kier molecular flexibility index (Phi) is 6.63. The van der Waals surface area contributed by atoms with Gasteiger partial charge in [-0.05, 0) is 77.4 Å². The Hall–Kier alpha value is -6.20. The molecule has 0 unspecified atom stereocenters. The van der Waals surface area contributed by atoms with Crippen molar-refractivity contribution in [3.05, 3.63) is 176 Å². The van der Waals surface area contributed by atoms with E-state index in [0.717, 1.165) is 50.1 Å². The van der Waals surface area contributed by atoms with Gasteiger partial charge >= 0.3 is 0 Å². The number of thiophene rings is 2. The summed E-state index contributed by atoms with van der Waals surface area (Å²) in [4.78, 5) is 2.36. The lowest BCUT2D eigenvalue weighted by atomic mass is 10.0. The van der Waals surface area contributed by atoms with Crippen LogP contribution >= 0.6 is 22.7 Å². The summed E-state index contributed by atoms with van der Waals surface area (Å²) in [5.74, 6) is 0. The monoisotopic (exact) mass is 699 g/mol. The van der Waals surface area contributed by atoms with Gasteiger partial charge in [-0.3, -0.25) is 0 Å². The van der Waals surface area contributed by atoms with Crippen molar-refractivity contribution in [3.8, 4) is 22.3 Å². The summed E-state index contributed by atoms with van der Waals surface area (Å²) in [6, 6.07) is 63.6. The number of anilines is 3. The summed E-state index contributed by atoms with van der Waals surface area (Å²) in [6.45, 7) is 0.